The first-order chi connectivity index (χ1) is 12.0. The average Bonchev–Trinajstić information content (AvgIpc) is 2.60. The Bertz CT molecular complexity index is 877. The Labute approximate surface area is 144 Å². The summed E-state index contributed by atoms with van der Waals surface area (Å²) in [5.41, 5.74) is 1.32. The third-order valence-electron chi connectivity index (χ3n) is 4.92. The van der Waals surface area contributed by atoms with E-state index >= 15 is 0 Å². The van der Waals surface area contributed by atoms with Gasteiger partial charge in [-0.3, -0.25) is 0 Å². The molecule has 0 atom stereocenters. The molecule has 2 aliphatic rings. The third kappa shape index (κ3) is 3.78. The summed E-state index contributed by atoms with van der Waals surface area (Å²) in [6.45, 7) is 2.01. The molecule has 0 amide bonds. The number of hydrogen-bond donors (Lipinski definition) is 0. The van der Waals surface area contributed by atoms with Gasteiger partial charge in [0.05, 0.1) is 0 Å². The fourth-order valence-corrected chi connectivity index (χ4v) is 3.55. The van der Waals surface area contributed by atoms with Gasteiger partial charge in [-0.15, -0.1) is 0 Å². The Morgan fingerprint density at radius 2 is 1.76 bits per heavy atom. The molecule has 0 bridgehead atoms. The topological polar surface area (TPSA) is 0 Å². The zero-order chi connectivity index (χ0) is 18.0. The Morgan fingerprint density at radius 1 is 1.04 bits per heavy atom. The molecule has 0 saturated heterocycles. The van der Waals surface area contributed by atoms with Crippen LogP contribution < -0.4 is 10.4 Å². The molecule has 0 unspecified atom stereocenters. The van der Waals surface area contributed by atoms with Gasteiger partial charge >= 0.3 is 0 Å². The standard InChI is InChI=1S/C21H20F4/c1-2-3-13-4-6-14(7-5-13)15-8-9-17(18(22)10-15)16-11-19(23)21(25)20(24)12-16/h2-3,8-11,13H,4-7,12H2,1H3/b3-2+,15-14?,17-16+. The van der Waals surface area contributed by atoms with Crippen molar-refractivity contribution in [2.24, 2.45) is 5.92 Å². The summed E-state index contributed by atoms with van der Waals surface area (Å²) in [6, 6.07) is 4.74. The maximum Gasteiger partial charge on any atom is 0.190 e. The molecule has 0 aromatic heterocycles. The highest BCUT2D eigenvalue weighted by atomic mass is 19.2. The first-order valence-corrected chi connectivity index (χ1v) is 8.55. The van der Waals surface area contributed by atoms with E-state index in [9.17, 15) is 17.6 Å². The highest BCUT2D eigenvalue weighted by Crippen LogP contribution is 2.31. The van der Waals surface area contributed by atoms with Crippen LogP contribution in [0.4, 0.5) is 17.6 Å². The van der Waals surface area contributed by atoms with Gasteiger partial charge in [-0.2, -0.15) is 0 Å². The molecule has 0 spiro atoms. The largest absolute Gasteiger partial charge is 0.208 e. The summed E-state index contributed by atoms with van der Waals surface area (Å²) in [5, 5.41) is 0.952. The van der Waals surface area contributed by atoms with Gasteiger partial charge in [0.15, 0.2) is 11.7 Å². The Morgan fingerprint density at radius 3 is 2.36 bits per heavy atom. The zero-order valence-corrected chi connectivity index (χ0v) is 14.1. The zero-order valence-electron chi connectivity index (χ0n) is 14.1. The summed E-state index contributed by atoms with van der Waals surface area (Å²) in [5.74, 6) is -3.94. The first-order valence-electron chi connectivity index (χ1n) is 8.55. The van der Waals surface area contributed by atoms with Gasteiger partial charge < -0.3 is 0 Å². The van der Waals surface area contributed by atoms with Crippen molar-refractivity contribution in [2.45, 2.75) is 39.0 Å². The molecule has 132 valence electrons. The number of benzene rings is 1. The van der Waals surface area contributed by atoms with Crippen LogP contribution in [0.2, 0.25) is 0 Å². The van der Waals surface area contributed by atoms with E-state index in [1.54, 1.807) is 6.07 Å². The SMILES string of the molecule is C/C=C/C1CCC(=c2cc/c(=C3/C=C(F)C(F)=C(F)C3)c(F)c2)CC1. The molecule has 0 heterocycles. The van der Waals surface area contributed by atoms with Crippen molar-refractivity contribution in [3.63, 3.8) is 0 Å². The lowest BCUT2D eigenvalue weighted by molar-refractivity contribution is 0.481. The number of hydrogen-bond acceptors (Lipinski definition) is 0. The minimum absolute atomic E-state index is 0.113. The fourth-order valence-electron chi connectivity index (χ4n) is 3.55. The van der Waals surface area contributed by atoms with E-state index in [0.717, 1.165) is 37.0 Å². The quantitative estimate of drug-likeness (QED) is 0.477. The number of rotatable bonds is 1. The average molecular weight is 348 g/mol. The van der Waals surface area contributed by atoms with Crippen molar-refractivity contribution >= 4 is 11.1 Å². The smallest absolute Gasteiger partial charge is 0.190 e. The van der Waals surface area contributed by atoms with Gasteiger partial charge in [-0.1, -0.05) is 29.9 Å². The second kappa shape index (κ2) is 7.42. The third-order valence-corrected chi connectivity index (χ3v) is 4.92. The van der Waals surface area contributed by atoms with Gasteiger partial charge in [0.25, 0.3) is 0 Å². The molecule has 1 aromatic carbocycles. The van der Waals surface area contributed by atoms with E-state index < -0.39 is 29.7 Å². The minimum atomic E-state index is -1.49. The van der Waals surface area contributed by atoms with E-state index in [0.29, 0.717) is 5.92 Å². The monoisotopic (exact) mass is 348 g/mol. The lowest BCUT2D eigenvalue weighted by atomic mass is 9.84. The van der Waals surface area contributed by atoms with Gasteiger partial charge in [0.1, 0.15) is 11.6 Å². The second-order valence-corrected chi connectivity index (χ2v) is 6.57. The normalized spacial score (nSPS) is 24.1. The van der Waals surface area contributed by atoms with E-state index in [1.165, 1.54) is 17.7 Å². The molecule has 2 aliphatic carbocycles. The number of halogens is 4. The van der Waals surface area contributed by atoms with E-state index in [1.807, 2.05) is 6.92 Å². The maximum absolute atomic E-state index is 14.5. The lowest BCUT2D eigenvalue weighted by Gasteiger charge is -2.21. The Kier molecular flexibility index (Phi) is 5.26. The predicted octanol–water partition coefficient (Wildman–Crippen LogP) is 5.30. The molecule has 0 N–H and O–H groups in total. The predicted molar refractivity (Wildman–Crippen MR) is 92.3 cm³/mol. The molecule has 1 aromatic rings. The van der Waals surface area contributed by atoms with Crippen molar-refractivity contribution in [1.29, 1.82) is 0 Å². The van der Waals surface area contributed by atoms with Crippen LogP contribution >= 0.6 is 0 Å². The molecule has 25 heavy (non-hydrogen) atoms. The van der Waals surface area contributed by atoms with Gasteiger partial charge in [-0.25, -0.2) is 17.6 Å². The van der Waals surface area contributed by atoms with E-state index in [-0.39, 0.29) is 10.8 Å². The van der Waals surface area contributed by atoms with Crippen LogP contribution in [0.3, 0.4) is 0 Å². The minimum Gasteiger partial charge on any atom is -0.208 e. The van der Waals surface area contributed by atoms with E-state index in [4.69, 9.17) is 0 Å². The van der Waals surface area contributed by atoms with Gasteiger partial charge in [-0.05, 0) is 61.5 Å². The maximum atomic E-state index is 14.5. The lowest BCUT2D eigenvalue weighted by Crippen LogP contribution is -2.20. The van der Waals surface area contributed by atoms with Crippen LogP contribution in [0, 0.1) is 11.7 Å². The molecule has 0 nitrogen and oxygen atoms in total. The van der Waals surface area contributed by atoms with Crippen LogP contribution in [0.15, 0.2) is 53.9 Å². The molecule has 3 rings (SSSR count). The summed E-state index contributed by atoms with van der Waals surface area (Å²) < 4.78 is 54.4. The summed E-state index contributed by atoms with van der Waals surface area (Å²) in [6.07, 6.45) is 8.64. The number of allylic oxidation sites excluding steroid dienone is 6. The van der Waals surface area contributed by atoms with Crippen molar-refractivity contribution < 1.29 is 17.6 Å². The molecule has 4 heteroatoms. The van der Waals surface area contributed by atoms with Crippen LogP contribution in [0.25, 0.3) is 11.1 Å². The van der Waals surface area contributed by atoms with Crippen LogP contribution in [0.1, 0.15) is 39.0 Å². The van der Waals surface area contributed by atoms with Gasteiger partial charge in [0.2, 0.25) is 0 Å². The summed E-state index contributed by atoms with van der Waals surface area (Å²) in [4.78, 5) is 0. The van der Waals surface area contributed by atoms with Gasteiger partial charge in [0, 0.05) is 11.6 Å². The summed E-state index contributed by atoms with van der Waals surface area (Å²) >= 11 is 0. The molecule has 1 fully saturated rings. The first kappa shape index (κ1) is 17.7. The van der Waals surface area contributed by atoms with Crippen molar-refractivity contribution in [3.05, 3.63) is 70.2 Å². The van der Waals surface area contributed by atoms with Crippen LogP contribution in [-0.4, -0.2) is 0 Å². The van der Waals surface area contributed by atoms with Crippen LogP contribution in [-0.2, 0) is 0 Å². The summed E-state index contributed by atoms with van der Waals surface area (Å²) in [7, 11) is 0. The molecule has 0 aliphatic heterocycles. The Balaban J connectivity index is 1.96. The fraction of sp³-hybridized carbons (Fsp3) is 0.333. The van der Waals surface area contributed by atoms with Crippen molar-refractivity contribution in [3.8, 4) is 0 Å². The second-order valence-electron chi connectivity index (χ2n) is 6.57. The molecule has 0 radical (unpaired) electrons. The van der Waals surface area contributed by atoms with Crippen LogP contribution in [0.5, 0.6) is 0 Å². The molecule has 1 saturated carbocycles. The van der Waals surface area contributed by atoms with E-state index in [2.05, 4.69) is 12.2 Å². The molecular weight excluding hydrogens is 328 g/mol. The highest BCUT2D eigenvalue weighted by Gasteiger charge is 2.20. The highest BCUT2D eigenvalue weighted by molar-refractivity contribution is 5.64. The Hall–Kier alpha value is -2.10. The molecular formula is C21H20F4. The van der Waals surface area contributed by atoms with Crippen molar-refractivity contribution in [2.75, 3.05) is 0 Å². The van der Waals surface area contributed by atoms with Crippen molar-refractivity contribution in [1.82, 2.24) is 0 Å².